The van der Waals surface area contributed by atoms with Gasteiger partial charge in [0.15, 0.2) is 0 Å². The highest BCUT2D eigenvalue weighted by atomic mass is 32.2. The average Bonchev–Trinajstić information content (AvgIpc) is 2.54. The van der Waals surface area contributed by atoms with Crippen molar-refractivity contribution in [2.24, 2.45) is 5.92 Å². The van der Waals surface area contributed by atoms with Crippen LogP contribution in [0.15, 0.2) is 24.3 Å². The Morgan fingerprint density at radius 1 is 1.30 bits per heavy atom. The third kappa shape index (κ3) is 4.89. The fourth-order valence-electron chi connectivity index (χ4n) is 2.79. The molecule has 0 spiro atoms. The van der Waals surface area contributed by atoms with E-state index in [1.807, 2.05) is 12.1 Å². The number of amides is 1. The maximum atomic E-state index is 12.6. The van der Waals surface area contributed by atoms with E-state index in [0.29, 0.717) is 43.9 Å². The molecule has 1 aliphatic rings. The topological polar surface area (TPSA) is 63.7 Å². The van der Waals surface area contributed by atoms with Gasteiger partial charge >= 0.3 is 5.97 Å². The molecule has 0 saturated carbocycles. The molecule has 0 aliphatic carbocycles. The summed E-state index contributed by atoms with van der Waals surface area (Å²) in [4.78, 5) is 26.1. The van der Waals surface area contributed by atoms with Crippen LogP contribution in [0.5, 0.6) is 0 Å². The van der Waals surface area contributed by atoms with E-state index in [1.54, 1.807) is 30.2 Å². The SMILES string of the molecule is CCOC(=O)C1CCN(C(=O)c2cccc(CS(C)=O)c2)CC1. The van der Waals surface area contributed by atoms with Crippen LogP contribution in [0.1, 0.15) is 35.7 Å². The van der Waals surface area contributed by atoms with Crippen molar-refractivity contribution in [2.45, 2.75) is 25.5 Å². The number of carbonyl (C=O) groups is 2. The zero-order valence-electron chi connectivity index (χ0n) is 13.6. The quantitative estimate of drug-likeness (QED) is 0.771. The summed E-state index contributed by atoms with van der Waals surface area (Å²) < 4.78 is 16.4. The van der Waals surface area contributed by atoms with E-state index in [9.17, 15) is 13.8 Å². The lowest BCUT2D eigenvalue weighted by Gasteiger charge is -2.31. The summed E-state index contributed by atoms with van der Waals surface area (Å²) >= 11 is 0. The number of nitrogens with zero attached hydrogens (tertiary/aromatic N) is 1. The highest BCUT2D eigenvalue weighted by Gasteiger charge is 2.28. The van der Waals surface area contributed by atoms with Crippen LogP contribution in [0.2, 0.25) is 0 Å². The third-order valence-corrected chi connectivity index (χ3v) is 4.69. The molecular formula is C17H23NO4S. The van der Waals surface area contributed by atoms with Crippen LogP contribution in [0, 0.1) is 5.92 Å². The molecule has 1 aliphatic heterocycles. The molecule has 126 valence electrons. The maximum absolute atomic E-state index is 12.6. The van der Waals surface area contributed by atoms with Gasteiger partial charge in [-0.15, -0.1) is 0 Å². The minimum absolute atomic E-state index is 0.0314. The first-order valence-corrected chi connectivity index (χ1v) is 9.59. The monoisotopic (exact) mass is 337 g/mol. The zero-order valence-corrected chi connectivity index (χ0v) is 14.4. The van der Waals surface area contributed by atoms with Crippen molar-refractivity contribution in [1.82, 2.24) is 4.90 Å². The zero-order chi connectivity index (χ0) is 16.8. The average molecular weight is 337 g/mol. The Bertz CT molecular complexity index is 594. The predicted molar refractivity (Wildman–Crippen MR) is 89.5 cm³/mol. The Kier molecular flexibility index (Phi) is 6.33. The lowest BCUT2D eigenvalue weighted by Crippen LogP contribution is -2.40. The number of hydrogen-bond acceptors (Lipinski definition) is 4. The van der Waals surface area contributed by atoms with Gasteiger partial charge in [0.05, 0.1) is 12.5 Å². The Balaban J connectivity index is 1.97. The number of hydrogen-bond donors (Lipinski definition) is 0. The second-order valence-corrected chi connectivity index (χ2v) is 7.17. The summed E-state index contributed by atoms with van der Waals surface area (Å²) in [6.45, 7) is 3.31. The van der Waals surface area contributed by atoms with Crippen molar-refractivity contribution in [1.29, 1.82) is 0 Å². The van der Waals surface area contributed by atoms with Gasteiger partial charge < -0.3 is 9.64 Å². The van der Waals surface area contributed by atoms with Crippen LogP contribution < -0.4 is 0 Å². The van der Waals surface area contributed by atoms with Gasteiger partial charge in [-0.25, -0.2) is 0 Å². The summed E-state index contributed by atoms with van der Waals surface area (Å²) in [6, 6.07) is 7.29. The fraction of sp³-hybridized carbons (Fsp3) is 0.529. The van der Waals surface area contributed by atoms with Crippen molar-refractivity contribution in [3.8, 4) is 0 Å². The summed E-state index contributed by atoms with van der Waals surface area (Å²) in [6.07, 6.45) is 2.93. The lowest BCUT2D eigenvalue weighted by atomic mass is 9.96. The fourth-order valence-corrected chi connectivity index (χ4v) is 3.44. The molecule has 0 N–H and O–H groups in total. The first-order valence-electron chi connectivity index (χ1n) is 7.86. The van der Waals surface area contributed by atoms with Gasteiger partial charge in [-0.2, -0.15) is 0 Å². The van der Waals surface area contributed by atoms with E-state index < -0.39 is 10.8 Å². The second-order valence-electron chi connectivity index (χ2n) is 5.74. The van der Waals surface area contributed by atoms with Crippen molar-refractivity contribution in [3.63, 3.8) is 0 Å². The molecule has 6 heteroatoms. The van der Waals surface area contributed by atoms with E-state index in [1.165, 1.54) is 0 Å². The van der Waals surface area contributed by atoms with Crippen LogP contribution in [0.3, 0.4) is 0 Å². The first kappa shape index (κ1) is 17.7. The minimum atomic E-state index is -0.931. The van der Waals surface area contributed by atoms with Crippen LogP contribution in [-0.4, -0.2) is 46.9 Å². The molecule has 1 heterocycles. The highest BCUT2D eigenvalue weighted by molar-refractivity contribution is 7.83. The van der Waals surface area contributed by atoms with Gasteiger partial charge in [-0.3, -0.25) is 13.8 Å². The van der Waals surface area contributed by atoms with Crippen LogP contribution in [0.25, 0.3) is 0 Å². The number of piperidine rings is 1. The van der Waals surface area contributed by atoms with Crippen molar-refractivity contribution >= 4 is 22.7 Å². The largest absolute Gasteiger partial charge is 0.466 e. The van der Waals surface area contributed by atoms with E-state index in [4.69, 9.17) is 4.74 Å². The normalized spacial score (nSPS) is 16.9. The molecular weight excluding hydrogens is 314 g/mol. The summed E-state index contributed by atoms with van der Waals surface area (Å²) in [7, 11) is -0.931. The number of benzene rings is 1. The number of ether oxygens (including phenoxy) is 1. The molecule has 1 atom stereocenters. The summed E-state index contributed by atoms with van der Waals surface area (Å²) in [5.74, 6) is 0.155. The molecule has 2 rings (SSSR count). The van der Waals surface area contributed by atoms with E-state index in [2.05, 4.69) is 0 Å². The standard InChI is InChI=1S/C17H23NO4S/c1-3-22-17(20)14-7-9-18(10-8-14)16(19)15-6-4-5-13(11-15)12-23(2)21/h4-6,11,14H,3,7-10,12H2,1-2H3. The Morgan fingerprint density at radius 2 is 2.00 bits per heavy atom. The number of carbonyl (C=O) groups excluding carboxylic acids is 2. The smallest absolute Gasteiger partial charge is 0.309 e. The van der Waals surface area contributed by atoms with Gasteiger partial charge in [-0.1, -0.05) is 12.1 Å². The van der Waals surface area contributed by atoms with Gasteiger partial charge in [0, 0.05) is 41.5 Å². The van der Waals surface area contributed by atoms with Gasteiger partial charge in [-0.05, 0) is 37.5 Å². The molecule has 1 aromatic rings. The lowest BCUT2D eigenvalue weighted by molar-refractivity contribution is -0.149. The predicted octanol–water partition coefficient (Wildman–Crippen LogP) is 1.98. The van der Waals surface area contributed by atoms with Crippen molar-refractivity contribution in [3.05, 3.63) is 35.4 Å². The van der Waals surface area contributed by atoms with Crippen molar-refractivity contribution in [2.75, 3.05) is 26.0 Å². The van der Waals surface area contributed by atoms with Crippen LogP contribution in [0.4, 0.5) is 0 Å². The Morgan fingerprint density at radius 3 is 2.61 bits per heavy atom. The molecule has 1 amide bonds. The summed E-state index contributed by atoms with van der Waals surface area (Å²) in [5, 5.41) is 0. The molecule has 0 aromatic heterocycles. The molecule has 0 radical (unpaired) electrons. The molecule has 1 saturated heterocycles. The van der Waals surface area contributed by atoms with Crippen LogP contribution >= 0.6 is 0 Å². The molecule has 1 unspecified atom stereocenters. The molecule has 0 bridgehead atoms. The molecule has 23 heavy (non-hydrogen) atoms. The number of rotatable bonds is 5. The molecule has 5 nitrogen and oxygen atoms in total. The number of esters is 1. The van der Waals surface area contributed by atoms with E-state index in [0.717, 1.165) is 5.56 Å². The number of likely N-dealkylation sites (tertiary alicyclic amines) is 1. The summed E-state index contributed by atoms with van der Waals surface area (Å²) in [5.41, 5.74) is 1.51. The minimum Gasteiger partial charge on any atom is -0.466 e. The Labute approximate surface area is 139 Å². The van der Waals surface area contributed by atoms with Gasteiger partial charge in [0.25, 0.3) is 5.91 Å². The van der Waals surface area contributed by atoms with Crippen molar-refractivity contribution < 1.29 is 18.5 Å². The maximum Gasteiger partial charge on any atom is 0.309 e. The van der Waals surface area contributed by atoms with E-state index in [-0.39, 0.29) is 17.8 Å². The van der Waals surface area contributed by atoms with Gasteiger partial charge in [0.2, 0.25) is 0 Å². The first-order chi connectivity index (χ1) is 11.0. The molecule has 1 fully saturated rings. The Hall–Kier alpha value is -1.69. The van der Waals surface area contributed by atoms with E-state index >= 15 is 0 Å². The van der Waals surface area contributed by atoms with Gasteiger partial charge in [0.1, 0.15) is 0 Å². The van der Waals surface area contributed by atoms with Crippen LogP contribution in [-0.2, 0) is 26.1 Å². The highest BCUT2D eigenvalue weighted by Crippen LogP contribution is 2.21. The molecule has 1 aromatic carbocycles. The third-order valence-electron chi connectivity index (χ3n) is 3.95. The second kappa shape index (κ2) is 8.24.